The minimum atomic E-state index is -4.94. The van der Waals surface area contributed by atoms with E-state index in [1.54, 1.807) is 0 Å². The van der Waals surface area contributed by atoms with E-state index in [4.69, 9.17) is 9.47 Å². The standard InChI is InChI=1S/C23H24F6N2O4/c1-11-16(19(32)35-21(3,4)5)17(23(27,28)29)15(30-11)10-31-12(2)18(34-20(31)33)13-6-8-14(9-7-13)22(24,25)26/h6-9,12,18,30H,10H2,1-5H3/t12-,18+/m0/s1. The number of rotatable bonds is 4. The van der Waals surface area contributed by atoms with E-state index in [0.717, 1.165) is 29.2 Å². The Labute approximate surface area is 197 Å². The van der Waals surface area contributed by atoms with Crippen LogP contribution in [0, 0.1) is 6.92 Å². The lowest BCUT2D eigenvalue weighted by Crippen LogP contribution is -2.32. The molecule has 12 heteroatoms. The van der Waals surface area contributed by atoms with Gasteiger partial charge in [0.25, 0.3) is 0 Å². The molecule has 0 unspecified atom stereocenters. The molecule has 0 aliphatic carbocycles. The summed E-state index contributed by atoms with van der Waals surface area (Å²) in [6.07, 6.45) is -11.4. The van der Waals surface area contributed by atoms with E-state index < -0.39 is 71.1 Å². The van der Waals surface area contributed by atoms with Crippen molar-refractivity contribution < 1.29 is 45.4 Å². The predicted octanol–water partition coefficient (Wildman–Crippen LogP) is 6.40. The number of hydrogen-bond acceptors (Lipinski definition) is 4. The Morgan fingerprint density at radius 2 is 1.63 bits per heavy atom. The average Bonchev–Trinajstić information content (AvgIpc) is 3.17. The zero-order valence-electron chi connectivity index (χ0n) is 19.5. The largest absolute Gasteiger partial charge is 0.456 e. The van der Waals surface area contributed by atoms with E-state index in [1.165, 1.54) is 34.6 Å². The van der Waals surface area contributed by atoms with Crippen LogP contribution in [-0.2, 0) is 28.4 Å². The number of carbonyl (C=O) groups is 2. The SMILES string of the molecule is Cc1[nH]c(CN2C(=O)O[C@@H](c3ccc(C(F)(F)F)cc3)[C@@H]2C)c(C(F)(F)F)c1C(=O)OC(C)(C)C. The molecule has 2 atom stereocenters. The fourth-order valence-electron chi connectivity index (χ4n) is 3.90. The number of aromatic nitrogens is 1. The summed E-state index contributed by atoms with van der Waals surface area (Å²) in [5.74, 6) is -1.16. The number of aryl methyl sites for hydroxylation is 1. The molecule has 0 radical (unpaired) electrons. The molecular formula is C23H24F6N2O4. The highest BCUT2D eigenvalue weighted by molar-refractivity contribution is 5.93. The topological polar surface area (TPSA) is 71.6 Å². The van der Waals surface area contributed by atoms with Crippen LogP contribution in [0.3, 0.4) is 0 Å². The molecule has 2 heterocycles. The average molecular weight is 506 g/mol. The molecule has 192 valence electrons. The first-order valence-electron chi connectivity index (χ1n) is 10.6. The number of carbonyl (C=O) groups excluding carboxylic acids is 2. The number of nitrogens with zero attached hydrogens (tertiary/aromatic N) is 1. The Bertz CT molecular complexity index is 1110. The van der Waals surface area contributed by atoms with Crippen molar-refractivity contribution in [1.29, 1.82) is 0 Å². The summed E-state index contributed by atoms with van der Waals surface area (Å²) in [7, 11) is 0. The van der Waals surface area contributed by atoms with Crippen LogP contribution < -0.4 is 0 Å². The van der Waals surface area contributed by atoms with E-state index in [0.29, 0.717) is 0 Å². The fourth-order valence-corrected chi connectivity index (χ4v) is 3.90. The van der Waals surface area contributed by atoms with Crippen molar-refractivity contribution in [2.24, 2.45) is 0 Å². The molecule has 1 amide bonds. The fraction of sp³-hybridized carbons (Fsp3) is 0.478. The van der Waals surface area contributed by atoms with Crippen molar-refractivity contribution in [3.05, 3.63) is 57.9 Å². The van der Waals surface area contributed by atoms with Gasteiger partial charge in [0, 0.05) is 11.4 Å². The summed E-state index contributed by atoms with van der Waals surface area (Å²) in [5, 5.41) is 0. The summed E-state index contributed by atoms with van der Waals surface area (Å²) < 4.78 is 90.9. The lowest BCUT2D eigenvalue weighted by molar-refractivity contribution is -0.139. The Hall–Kier alpha value is -3.18. The summed E-state index contributed by atoms with van der Waals surface area (Å²) in [4.78, 5) is 28.6. The van der Waals surface area contributed by atoms with Crippen LogP contribution >= 0.6 is 0 Å². The van der Waals surface area contributed by atoms with E-state index in [1.807, 2.05) is 0 Å². The van der Waals surface area contributed by atoms with Crippen molar-refractivity contribution >= 4 is 12.1 Å². The van der Waals surface area contributed by atoms with Crippen molar-refractivity contribution in [1.82, 2.24) is 9.88 Å². The molecule has 0 spiro atoms. The molecular weight excluding hydrogens is 482 g/mol. The minimum absolute atomic E-state index is 0.0823. The van der Waals surface area contributed by atoms with Gasteiger partial charge in [-0.05, 0) is 52.3 Å². The summed E-state index contributed by atoms with van der Waals surface area (Å²) in [5.41, 5.74) is -4.11. The van der Waals surface area contributed by atoms with Gasteiger partial charge in [-0.3, -0.25) is 4.90 Å². The molecule has 1 aromatic carbocycles. The monoisotopic (exact) mass is 506 g/mol. The molecule has 1 fully saturated rings. The zero-order valence-corrected chi connectivity index (χ0v) is 19.5. The number of ether oxygens (including phenoxy) is 2. The van der Waals surface area contributed by atoms with Gasteiger partial charge >= 0.3 is 24.4 Å². The van der Waals surface area contributed by atoms with E-state index in [-0.39, 0.29) is 11.3 Å². The maximum Gasteiger partial charge on any atom is 0.419 e. The summed E-state index contributed by atoms with van der Waals surface area (Å²) >= 11 is 0. The number of amides is 1. The van der Waals surface area contributed by atoms with Crippen molar-refractivity contribution in [3.63, 3.8) is 0 Å². The van der Waals surface area contributed by atoms with Crippen LogP contribution in [0.5, 0.6) is 0 Å². The summed E-state index contributed by atoms with van der Waals surface area (Å²) in [6.45, 7) is 6.77. The highest BCUT2D eigenvalue weighted by Crippen LogP contribution is 2.40. The molecule has 1 aliphatic heterocycles. The molecule has 3 rings (SSSR count). The second kappa shape index (κ2) is 8.80. The van der Waals surface area contributed by atoms with Gasteiger partial charge in [0.15, 0.2) is 0 Å². The second-order valence-corrected chi connectivity index (χ2v) is 9.27. The van der Waals surface area contributed by atoms with Crippen molar-refractivity contribution in [2.45, 2.75) is 71.3 Å². The Kier molecular flexibility index (Phi) is 6.64. The third-order valence-corrected chi connectivity index (χ3v) is 5.44. The molecule has 35 heavy (non-hydrogen) atoms. The number of alkyl halides is 6. The smallest absolute Gasteiger partial charge is 0.419 e. The number of cyclic esters (lactones) is 1. The van der Waals surface area contributed by atoms with Crippen LogP contribution in [0.1, 0.15) is 72.2 Å². The third kappa shape index (κ3) is 5.57. The van der Waals surface area contributed by atoms with E-state index >= 15 is 0 Å². The quantitative estimate of drug-likeness (QED) is 0.385. The van der Waals surface area contributed by atoms with Crippen molar-refractivity contribution in [2.75, 3.05) is 0 Å². The van der Waals surface area contributed by atoms with Crippen LogP contribution in [0.2, 0.25) is 0 Å². The maximum absolute atomic E-state index is 14.0. The van der Waals surface area contributed by atoms with Gasteiger partial charge in [0.05, 0.1) is 29.3 Å². The number of aromatic amines is 1. The van der Waals surface area contributed by atoms with E-state index in [2.05, 4.69) is 4.98 Å². The first-order chi connectivity index (χ1) is 15.9. The molecule has 1 N–H and O–H groups in total. The molecule has 0 saturated carbocycles. The molecule has 2 aromatic rings. The third-order valence-electron chi connectivity index (χ3n) is 5.44. The predicted molar refractivity (Wildman–Crippen MR) is 111 cm³/mol. The van der Waals surface area contributed by atoms with Crippen LogP contribution in [0.25, 0.3) is 0 Å². The Morgan fingerprint density at radius 3 is 2.11 bits per heavy atom. The van der Waals surface area contributed by atoms with Crippen LogP contribution in [-0.4, -0.2) is 33.6 Å². The number of nitrogens with one attached hydrogen (secondary N) is 1. The highest BCUT2D eigenvalue weighted by Gasteiger charge is 2.45. The maximum atomic E-state index is 14.0. The zero-order chi connectivity index (χ0) is 26.5. The van der Waals surface area contributed by atoms with Gasteiger partial charge in [-0.1, -0.05) is 12.1 Å². The Balaban J connectivity index is 1.92. The van der Waals surface area contributed by atoms with Gasteiger partial charge in [-0.25, -0.2) is 9.59 Å². The first kappa shape index (κ1) is 26.4. The Morgan fingerprint density at radius 1 is 1.06 bits per heavy atom. The van der Waals surface area contributed by atoms with Gasteiger partial charge in [-0.15, -0.1) is 0 Å². The van der Waals surface area contributed by atoms with Crippen LogP contribution in [0.4, 0.5) is 31.1 Å². The molecule has 1 saturated heterocycles. The normalized spacial score (nSPS) is 19.2. The van der Waals surface area contributed by atoms with Gasteiger partial charge in [0.1, 0.15) is 11.7 Å². The van der Waals surface area contributed by atoms with Crippen molar-refractivity contribution in [3.8, 4) is 0 Å². The lowest BCUT2D eigenvalue weighted by atomic mass is 10.0. The lowest BCUT2D eigenvalue weighted by Gasteiger charge is -2.22. The molecule has 6 nitrogen and oxygen atoms in total. The number of halogens is 6. The summed E-state index contributed by atoms with van der Waals surface area (Å²) in [6, 6.07) is 3.17. The second-order valence-electron chi connectivity index (χ2n) is 9.27. The number of H-pyrrole nitrogens is 1. The highest BCUT2D eigenvalue weighted by atomic mass is 19.4. The number of esters is 1. The van der Waals surface area contributed by atoms with E-state index in [9.17, 15) is 35.9 Å². The van der Waals surface area contributed by atoms with Gasteiger partial charge in [-0.2, -0.15) is 26.3 Å². The van der Waals surface area contributed by atoms with Gasteiger partial charge < -0.3 is 14.5 Å². The molecule has 1 aliphatic rings. The minimum Gasteiger partial charge on any atom is -0.456 e. The van der Waals surface area contributed by atoms with Gasteiger partial charge in [0.2, 0.25) is 0 Å². The number of benzene rings is 1. The number of hydrogen-bond donors (Lipinski definition) is 1. The molecule has 1 aromatic heterocycles. The first-order valence-corrected chi connectivity index (χ1v) is 10.6. The molecule has 0 bridgehead atoms. The van der Waals surface area contributed by atoms with Crippen LogP contribution in [0.15, 0.2) is 24.3 Å².